The van der Waals surface area contributed by atoms with Gasteiger partial charge in [0.1, 0.15) is 0 Å². The van der Waals surface area contributed by atoms with Crippen LogP contribution in [0, 0.1) is 0 Å². The number of esters is 1. The van der Waals surface area contributed by atoms with E-state index in [0.717, 1.165) is 38.7 Å². The summed E-state index contributed by atoms with van der Waals surface area (Å²) in [6.45, 7) is 11.0. The molecule has 0 aromatic carbocycles. The van der Waals surface area contributed by atoms with E-state index in [1.165, 1.54) is 6.08 Å². The molecule has 0 aliphatic heterocycles. The average molecular weight is 242 g/mol. The zero-order valence-corrected chi connectivity index (χ0v) is 11.5. The first kappa shape index (κ1) is 16.2. The van der Waals surface area contributed by atoms with E-state index in [2.05, 4.69) is 27.4 Å². The van der Waals surface area contributed by atoms with Crippen LogP contribution in [0.15, 0.2) is 12.7 Å². The topological polar surface area (TPSA) is 35.5 Å². The van der Waals surface area contributed by atoms with Crippen molar-refractivity contribution in [1.29, 1.82) is 0 Å². The van der Waals surface area contributed by atoms with Crippen molar-refractivity contribution in [3.05, 3.63) is 12.7 Å². The van der Waals surface area contributed by atoms with Crippen molar-refractivity contribution in [2.24, 2.45) is 0 Å². The van der Waals surface area contributed by atoms with E-state index in [1.54, 1.807) is 0 Å². The highest BCUT2D eigenvalue weighted by Gasteiger charge is 2.21. The second-order valence-corrected chi connectivity index (χ2v) is 4.48. The summed E-state index contributed by atoms with van der Waals surface area (Å²) in [5.74, 6) is -0.352. The Hall–Kier alpha value is -0.830. The van der Waals surface area contributed by atoms with E-state index in [-0.39, 0.29) is 11.6 Å². The first-order valence-corrected chi connectivity index (χ1v) is 6.51. The molecule has 0 aliphatic carbocycles. The van der Waals surface area contributed by atoms with Gasteiger partial charge in [0.2, 0.25) is 0 Å². The zero-order valence-electron chi connectivity index (χ0n) is 11.5. The molecule has 3 nitrogen and oxygen atoms in total. The van der Waals surface area contributed by atoms with Gasteiger partial charge in [-0.15, -0.1) is 0 Å². The second-order valence-electron chi connectivity index (χ2n) is 4.48. The number of hydrogen-bond donors (Lipinski definition) is 0. The normalized spacial score (nSPS) is 14.1. The highest BCUT2D eigenvalue weighted by Crippen LogP contribution is 2.22. The second kappa shape index (κ2) is 9.23. The Labute approximate surface area is 105 Å². The van der Waals surface area contributed by atoms with Crippen LogP contribution in [-0.2, 0) is 14.3 Å². The van der Waals surface area contributed by atoms with Crippen molar-refractivity contribution >= 4 is 5.97 Å². The molecule has 0 radical (unpaired) electrons. The van der Waals surface area contributed by atoms with Gasteiger partial charge in [0.15, 0.2) is 0 Å². The lowest BCUT2D eigenvalue weighted by Crippen LogP contribution is -2.28. The summed E-state index contributed by atoms with van der Waals surface area (Å²) >= 11 is 0. The largest absolute Gasteiger partial charge is 0.463 e. The van der Waals surface area contributed by atoms with Gasteiger partial charge >= 0.3 is 5.97 Å². The summed E-state index contributed by atoms with van der Waals surface area (Å²) < 4.78 is 10.8. The summed E-state index contributed by atoms with van der Waals surface area (Å²) in [5, 5.41) is 0. The van der Waals surface area contributed by atoms with Gasteiger partial charge in [-0.25, -0.2) is 4.79 Å². The highest BCUT2D eigenvalue weighted by molar-refractivity contribution is 5.81. The summed E-state index contributed by atoms with van der Waals surface area (Å²) in [6.07, 6.45) is 6.16. The molecule has 0 aliphatic rings. The van der Waals surface area contributed by atoms with E-state index in [4.69, 9.17) is 9.47 Å². The van der Waals surface area contributed by atoms with Crippen LogP contribution in [0.3, 0.4) is 0 Å². The number of carbonyl (C=O) groups excluding carboxylic acids is 1. The highest BCUT2D eigenvalue weighted by atomic mass is 16.5. The molecular formula is C14H26O3. The molecule has 0 N–H and O–H groups in total. The van der Waals surface area contributed by atoms with Crippen LogP contribution < -0.4 is 0 Å². The summed E-state index contributed by atoms with van der Waals surface area (Å²) in [7, 11) is 0. The van der Waals surface area contributed by atoms with E-state index in [0.29, 0.717) is 6.61 Å². The lowest BCUT2D eigenvalue weighted by atomic mass is 9.97. The van der Waals surface area contributed by atoms with Crippen LogP contribution in [0.1, 0.15) is 52.9 Å². The summed E-state index contributed by atoms with van der Waals surface area (Å²) in [4.78, 5) is 10.8. The molecule has 3 heteroatoms. The number of hydrogen-bond acceptors (Lipinski definition) is 3. The predicted molar refractivity (Wildman–Crippen MR) is 69.9 cm³/mol. The lowest BCUT2D eigenvalue weighted by molar-refractivity contribution is -0.138. The lowest BCUT2D eigenvalue weighted by Gasteiger charge is -2.28. The SMILES string of the molecule is C=CC(=O)OCCCC(C)(CC)OCCCC. The van der Waals surface area contributed by atoms with E-state index >= 15 is 0 Å². The molecule has 0 bridgehead atoms. The first-order valence-electron chi connectivity index (χ1n) is 6.51. The molecule has 0 spiro atoms. The third-order valence-electron chi connectivity index (χ3n) is 2.96. The van der Waals surface area contributed by atoms with Gasteiger partial charge in [-0.3, -0.25) is 0 Å². The Morgan fingerprint density at radius 3 is 2.53 bits per heavy atom. The molecule has 1 unspecified atom stereocenters. The van der Waals surface area contributed by atoms with Gasteiger partial charge in [0.25, 0.3) is 0 Å². The predicted octanol–water partition coefficient (Wildman–Crippen LogP) is 3.48. The maximum atomic E-state index is 10.8. The number of carbonyl (C=O) groups is 1. The van der Waals surface area contributed by atoms with E-state index in [9.17, 15) is 4.79 Å². The van der Waals surface area contributed by atoms with Crippen LogP contribution in [0.5, 0.6) is 0 Å². The fourth-order valence-electron chi connectivity index (χ4n) is 1.49. The Morgan fingerprint density at radius 2 is 2.00 bits per heavy atom. The van der Waals surface area contributed by atoms with Crippen LogP contribution in [0.4, 0.5) is 0 Å². The molecule has 0 saturated heterocycles. The molecule has 0 fully saturated rings. The van der Waals surface area contributed by atoms with Crippen molar-refractivity contribution in [2.75, 3.05) is 13.2 Å². The van der Waals surface area contributed by atoms with Gasteiger partial charge in [-0.2, -0.15) is 0 Å². The van der Waals surface area contributed by atoms with Crippen molar-refractivity contribution in [2.45, 2.75) is 58.5 Å². The standard InChI is InChI=1S/C14H26O3/c1-5-8-12-17-14(4,7-3)10-9-11-16-13(15)6-2/h6H,2,5,7-12H2,1,3-4H3. The molecule has 0 amide bonds. The maximum absolute atomic E-state index is 10.8. The van der Waals surface area contributed by atoms with Crippen molar-refractivity contribution < 1.29 is 14.3 Å². The molecule has 100 valence electrons. The van der Waals surface area contributed by atoms with Crippen molar-refractivity contribution in [1.82, 2.24) is 0 Å². The van der Waals surface area contributed by atoms with Gasteiger partial charge in [0.05, 0.1) is 12.2 Å². The van der Waals surface area contributed by atoms with Crippen LogP contribution in [-0.4, -0.2) is 24.8 Å². The number of ether oxygens (including phenoxy) is 2. The number of unbranched alkanes of at least 4 members (excludes halogenated alkanes) is 1. The molecule has 0 heterocycles. The number of rotatable bonds is 10. The molecule has 17 heavy (non-hydrogen) atoms. The Bertz CT molecular complexity index is 226. The molecule has 0 aromatic heterocycles. The maximum Gasteiger partial charge on any atom is 0.330 e. The molecule has 0 rings (SSSR count). The van der Waals surface area contributed by atoms with E-state index < -0.39 is 0 Å². The molecule has 0 aromatic rings. The van der Waals surface area contributed by atoms with Gasteiger partial charge in [-0.05, 0) is 32.6 Å². The molecule has 1 atom stereocenters. The van der Waals surface area contributed by atoms with Gasteiger partial charge < -0.3 is 9.47 Å². The Morgan fingerprint density at radius 1 is 1.29 bits per heavy atom. The third kappa shape index (κ3) is 7.97. The van der Waals surface area contributed by atoms with Gasteiger partial charge in [0, 0.05) is 12.7 Å². The molecular weight excluding hydrogens is 216 g/mol. The monoisotopic (exact) mass is 242 g/mol. The fourth-order valence-corrected chi connectivity index (χ4v) is 1.49. The summed E-state index contributed by atoms with van der Waals surface area (Å²) in [5.41, 5.74) is -0.0875. The Kier molecular flexibility index (Phi) is 8.78. The molecule has 0 saturated carbocycles. The minimum absolute atomic E-state index is 0.0875. The van der Waals surface area contributed by atoms with Gasteiger partial charge in [-0.1, -0.05) is 26.8 Å². The Balaban J connectivity index is 3.78. The smallest absolute Gasteiger partial charge is 0.330 e. The van der Waals surface area contributed by atoms with Crippen LogP contribution in [0.2, 0.25) is 0 Å². The van der Waals surface area contributed by atoms with Crippen LogP contribution >= 0.6 is 0 Å². The van der Waals surface area contributed by atoms with Crippen molar-refractivity contribution in [3.8, 4) is 0 Å². The van der Waals surface area contributed by atoms with Crippen molar-refractivity contribution in [3.63, 3.8) is 0 Å². The van der Waals surface area contributed by atoms with Crippen LogP contribution in [0.25, 0.3) is 0 Å². The minimum Gasteiger partial charge on any atom is -0.463 e. The average Bonchev–Trinajstić information content (AvgIpc) is 2.34. The first-order chi connectivity index (χ1) is 8.08. The minimum atomic E-state index is -0.352. The summed E-state index contributed by atoms with van der Waals surface area (Å²) in [6, 6.07) is 0. The van der Waals surface area contributed by atoms with E-state index in [1.807, 2.05) is 0 Å². The fraction of sp³-hybridized carbons (Fsp3) is 0.786. The third-order valence-corrected chi connectivity index (χ3v) is 2.96. The zero-order chi connectivity index (χ0) is 13.1. The quantitative estimate of drug-likeness (QED) is 0.334.